The minimum atomic E-state index is -1.39. The van der Waals surface area contributed by atoms with Crippen LogP contribution in [0.4, 0.5) is 0 Å². The summed E-state index contributed by atoms with van der Waals surface area (Å²) in [6.07, 6.45) is 0. The fourth-order valence-electron chi connectivity index (χ4n) is 1.26. The predicted octanol–water partition coefficient (Wildman–Crippen LogP) is -0.124. The van der Waals surface area contributed by atoms with Crippen molar-refractivity contribution >= 4 is 11.9 Å². The van der Waals surface area contributed by atoms with Gasteiger partial charge in [0, 0.05) is 0 Å². The van der Waals surface area contributed by atoms with Crippen LogP contribution in [0.2, 0.25) is 0 Å². The van der Waals surface area contributed by atoms with Crippen molar-refractivity contribution < 1.29 is 24.9 Å². The van der Waals surface area contributed by atoms with Gasteiger partial charge >= 0.3 is 5.97 Å². The highest BCUT2D eigenvalue weighted by Crippen LogP contribution is 2.18. The van der Waals surface area contributed by atoms with Gasteiger partial charge in [0.2, 0.25) is 0 Å². The monoisotopic (exact) mass is 239 g/mol. The lowest BCUT2D eigenvalue weighted by molar-refractivity contribution is -0.140. The van der Waals surface area contributed by atoms with E-state index in [9.17, 15) is 14.7 Å². The third-order valence-corrected chi connectivity index (χ3v) is 2.18. The molecule has 0 radical (unpaired) electrons. The average Bonchev–Trinajstić information content (AvgIpc) is 2.24. The first-order valence-corrected chi connectivity index (χ1v) is 4.90. The number of aromatic hydroxyl groups is 1. The van der Waals surface area contributed by atoms with Crippen molar-refractivity contribution in [2.24, 2.45) is 0 Å². The van der Waals surface area contributed by atoms with Crippen LogP contribution in [-0.2, 0) is 4.79 Å². The van der Waals surface area contributed by atoms with Crippen molar-refractivity contribution in [3.63, 3.8) is 0 Å². The van der Waals surface area contributed by atoms with Gasteiger partial charge in [-0.15, -0.1) is 0 Å². The maximum Gasteiger partial charge on any atom is 0.328 e. The fraction of sp³-hybridized carbons (Fsp3) is 0.273. The lowest BCUT2D eigenvalue weighted by Gasteiger charge is -2.12. The summed E-state index contributed by atoms with van der Waals surface area (Å²) in [5, 5.41) is 29.0. The number of carboxylic acid groups (broad SMARTS) is 1. The summed E-state index contributed by atoms with van der Waals surface area (Å²) in [5.74, 6) is -2.32. The van der Waals surface area contributed by atoms with E-state index in [0.29, 0.717) is 0 Å². The first-order valence-electron chi connectivity index (χ1n) is 4.90. The van der Waals surface area contributed by atoms with E-state index < -0.39 is 24.5 Å². The van der Waals surface area contributed by atoms with E-state index >= 15 is 0 Å². The number of aliphatic hydroxyl groups is 1. The van der Waals surface area contributed by atoms with Gasteiger partial charge in [-0.25, -0.2) is 4.79 Å². The van der Waals surface area contributed by atoms with Crippen LogP contribution in [-0.4, -0.2) is 39.8 Å². The van der Waals surface area contributed by atoms with Crippen LogP contribution in [0, 0.1) is 6.92 Å². The number of rotatable bonds is 4. The zero-order valence-electron chi connectivity index (χ0n) is 9.17. The molecule has 0 heterocycles. The molecule has 0 aliphatic heterocycles. The maximum atomic E-state index is 11.6. The molecule has 0 aromatic heterocycles. The summed E-state index contributed by atoms with van der Waals surface area (Å²) in [6.45, 7) is 1.03. The minimum absolute atomic E-state index is 0.0321. The Labute approximate surface area is 97.5 Å². The molecule has 1 rings (SSSR count). The van der Waals surface area contributed by atoms with Gasteiger partial charge in [0.15, 0.2) is 6.04 Å². The summed E-state index contributed by atoms with van der Waals surface area (Å²) < 4.78 is 0. The predicted molar refractivity (Wildman–Crippen MR) is 58.8 cm³/mol. The maximum absolute atomic E-state index is 11.6. The molecule has 1 atom stereocenters. The number of benzene rings is 1. The molecule has 0 spiro atoms. The normalized spacial score (nSPS) is 11.9. The number of carboxylic acids is 1. The molecule has 1 aromatic rings. The summed E-state index contributed by atoms with van der Waals surface area (Å²) in [7, 11) is 0. The molecule has 0 saturated heterocycles. The quantitative estimate of drug-likeness (QED) is 0.585. The van der Waals surface area contributed by atoms with E-state index in [1.807, 2.05) is 0 Å². The molecule has 0 aliphatic carbocycles. The molecule has 0 fully saturated rings. The van der Waals surface area contributed by atoms with Crippen molar-refractivity contribution in [2.45, 2.75) is 13.0 Å². The number of amides is 1. The lowest BCUT2D eigenvalue weighted by Crippen LogP contribution is -2.43. The van der Waals surface area contributed by atoms with Gasteiger partial charge < -0.3 is 20.6 Å². The highest BCUT2D eigenvalue weighted by molar-refractivity contribution is 5.98. The summed E-state index contributed by atoms with van der Waals surface area (Å²) in [5.41, 5.74) is 0.742. The number of nitrogens with one attached hydrogen (secondary N) is 1. The standard InChI is InChI=1S/C11H13NO5/c1-6-2-3-7(9(14)4-6)10(15)12-8(5-13)11(16)17/h2-4,8,13-14H,5H2,1H3,(H,12,15)(H,16,17). The Kier molecular flexibility index (Phi) is 4.06. The van der Waals surface area contributed by atoms with Gasteiger partial charge in [-0.2, -0.15) is 0 Å². The molecule has 0 bridgehead atoms. The third-order valence-electron chi connectivity index (χ3n) is 2.18. The van der Waals surface area contributed by atoms with E-state index in [4.69, 9.17) is 10.2 Å². The summed E-state index contributed by atoms with van der Waals surface area (Å²) >= 11 is 0. The second-order valence-corrected chi connectivity index (χ2v) is 3.57. The van der Waals surface area contributed by atoms with Gasteiger partial charge in [-0.05, 0) is 24.6 Å². The Morgan fingerprint density at radius 2 is 2.06 bits per heavy atom. The second kappa shape index (κ2) is 5.31. The zero-order chi connectivity index (χ0) is 13.0. The van der Waals surface area contributed by atoms with Crippen LogP contribution in [0.5, 0.6) is 5.75 Å². The number of carbonyl (C=O) groups excluding carboxylic acids is 1. The number of carbonyl (C=O) groups is 2. The molecule has 1 aromatic carbocycles. The molecule has 92 valence electrons. The Hall–Kier alpha value is -2.08. The Balaban J connectivity index is 2.86. The molecule has 17 heavy (non-hydrogen) atoms. The molecule has 4 N–H and O–H groups in total. The van der Waals surface area contributed by atoms with Gasteiger partial charge in [0.1, 0.15) is 5.75 Å². The molecule has 1 unspecified atom stereocenters. The Morgan fingerprint density at radius 3 is 2.53 bits per heavy atom. The summed E-state index contributed by atoms with van der Waals surface area (Å²) in [6, 6.07) is 3.01. The van der Waals surface area contributed by atoms with E-state index in [-0.39, 0.29) is 11.3 Å². The number of aryl methyl sites for hydroxylation is 1. The molecule has 6 nitrogen and oxygen atoms in total. The summed E-state index contributed by atoms with van der Waals surface area (Å²) in [4.78, 5) is 22.2. The molecule has 1 amide bonds. The number of phenols is 1. The Morgan fingerprint density at radius 1 is 1.41 bits per heavy atom. The van der Waals surface area contributed by atoms with Crippen LogP contribution in [0.25, 0.3) is 0 Å². The largest absolute Gasteiger partial charge is 0.507 e. The molecule has 0 saturated carbocycles. The van der Waals surface area contributed by atoms with Crippen molar-refractivity contribution in [3.05, 3.63) is 29.3 Å². The number of aliphatic hydroxyl groups excluding tert-OH is 1. The van der Waals surface area contributed by atoms with Crippen molar-refractivity contribution in [3.8, 4) is 5.75 Å². The zero-order valence-corrected chi connectivity index (χ0v) is 9.17. The van der Waals surface area contributed by atoms with Gasteiger partial charge in [0.25, 0.3) is 5.91 Å². The third kappa shape index (κ3) is 3.18. The van der Waals surface area contributed by atoms with Crippen molar-refractivity contribution in [2.75, 3.05) is 6.61 Å². The van der Waals surface area contributed by atoms with E-state index in [2.05, 4.69) is 5.32 Å². The number of aliphatic carboxylic acids is 1. The molecular weight excluding hydrogens is 226 g/mol. The fourth-order valence-corrected chi connectivity index (χ4v) is 1.26. The SMILES string of the molecule is Cc1ccc(C(=O)NC(CO)C(=O)O)c(O)c1. The number of hydrogen-bond acceptors (Lipinski definition) is 4. The highest BCUT2D eigenvalue weighted by atomic mass is 16.4. The molecule has 6 heteroatoms. The number of hydrogen-bond donors (Lipinski definition) is 4. The van der Waals surface area contributed by atoms with Crippen LogP contribution in [0.15, 0.2) is 18.2 Å². The molecule has 0 aliphatic rings. The van der Waals surface area contributed by atoms with Gasteiger partial charge in [-0.3, -0.25) is 4.79 Å². The first-order chi connectivity index (χ1) is 7.95. The van der Waals surface area contributed by atoms with Crippen molar-refractivity contribution in [1.82, 2.24) is 5.32 Å². The van der Waals surface area contributed by atoms with E-state index in [0.717, 1.165) is 5.56 Å². The molecular formula is C11H13NO5. The average molecular weight is 239 g/mol. The van der Waals surface area contributed by atoms with Crippen LogP contribution in [0.3, 0.4) is 0 Å². The van der Waals surface area contributed by atoms with Crippen molar-refractivity contribution in [1.29, 1.82) is 0 Å². The van der Waals surface area contributed by atoms with Crippen LogP contribution < -0.4 is 5.32 Å². The first kappa shape index (κ1) is 13.0. The van der Waals surface area contributed by atoms with Crippen LogP contribution >= 0.6 is 0 Å². The van der Waals surface area contributed by atoms with Gasteiger partial charge in [0.05, 0.1) is 12.2 Å². The number of phenolic OH excluding ortho intramolecular Hbond substituents is 1. The topological polar surface area (TPSA) is 107 Å². The van der Waals surface area contributed by atoms with Crippen LogP contribution in [0.1, 0.15) is 15.9 Å². The smallest absolute Gasteiger partial charge is 0.328 e. The lowest BCUT2D eigenvalue weighted by atomic mass is 10.1. The minimum Gasteiger partial charge on any atom is -0.507 e. The second-order valence-electron chi connectivity index (χ2n) is 3.57. The van der Waals surface area contributed by atoms with Gasteiger partial charge in [-0.1, -0.05) is 6.07 Å². The van der Waals surface area contributed by atoms with E-state index in [1.165, 1.54) is 12.1 Å². The van der Waals surface area contributed by atoms with E-state index in [1.54, 1.807) is 13.0 Å². The highest BCUT2D eigenvalue weighted by Gasteiger charge is 2.21. The Bertz CT molecular complexity index is 443.